The molecule has 0 radical (unpaired) electrons. The van der Waals surface area contributed by atoms with Crippen LogP contribution in [-0.4, -0.2) is 15.0 Å². The molecule has 17 heavy (non-hydrogen) atoms. The summed E-state index contributed by atoms with van der Waals surface area (Å²) in [5.74, 6) is 0.749. The van der Waals surface area contributed by atoms with E-state index in [9.17, 15) is 0 Å². The number of halogens is 2. The van der Waals surface area contributed by atoms with Gasteiger partial charge in [0.1, 0.15) is 11.3 Å². The molecule has 0 spiro atoms. The van der Waals surface area contributed by atoms with Crippen LogP contribution in [-0.2, 0) is 0 Å². The van der Waals surface area contributed by atoms with Crippen molar-refractivity contribution in [1.29, 1.82) is 0 Å². The summed E-state index contributed by atoms with van der Waals surface area (Å²) in [5, 5.41) is 0.586. The Morgan fingerprint density at radius 1 is 1.24 bits per heavy atom. The first-order valence-electron chi connectivity index (χ1n) is 5.00. The van der Waals surface area contributed by atoms with Gasteiger partial charge >= 0.3 is 0 Å². The van der Waals surface area contributed by atoms with Crippen molar-refractivity contribution in [2.24, 2.45) is 0 Å². The van der Waals surface area contributed by atoms with E-state index in [1.165, 1.54) is 0 Å². The molecule has 3 rings (SSSR count). The van der Waals surface area contributed by atoms with Crippen LogP contribution >= 0.6 is 27.5 Å². The fraction of sp³-hybridized carbons (Fsp3) is 0. The fourth-order valence-electron chi connectivity index (χ4n) is 1.69. The number of hydrogen-bond donors (Lipinski definition) is 1. The normalized spacial score (nSPS) is 10.9. The Morgan fingerprint density at radius 3 is 2.88 bits per heavy atom. The second-order valence-electron chi connectivity index (χ2n) is 3.58. The summed E-state index contributed by atoms with van der Waals surface area (Å²) in [6, 6.07) is 7.74. The average Bonchev–Trinajstić information content (AvgIpc) is 2.75. The Kier molecular flexibility index (Phi) is 2.61. The number of nitrogens with zero attached hydrogens (tertiary/aromatic N) is 2. The van der Waals surface area contributed by atoms with Crippen molar-refractivity contribution >= 4 is 38.6 Å². The third kappa shape index (κ3) is 1.83. The van der Waals surface area contributed by atoms with E-state index < -0.39 is 0 Å². The highest BCUT2D eigenvalue weighted by atomic mass is 79.9. The SMILES string of the molecule is Clc1cnccc1-c1nc2c(Br)cccc2[nH]1. The Balaban J connectivity index is 2.26. The summed E-state index contributed by atoms with van der Waals surface area (Å²) in [6.07, 6.45) is 3.31. The molecule has 84 valence electrons. The fourth-order valence-corrected chi connectivity index (χ4v) is 2.36. The summed E-state index contributed by atoms with van der Waals surface area (Å²) >= 11 is 9.57. The molecule has 3 aromatic rings. The maximum absolute atomic E-state index is 6.09. The Bertz CT molecular complexity index is 693. The van der Waals surface area contributed by atoms with E-state index in [0.717, 1.165) is 26.9 Å². The molecule has 0 aliphatic carbocycles. The van der Waals surface area contributed by atoms with Crippen LogP contribution in [0, 0.1) is 0 Å². The van der Waals surface area contributed by atoms with Crippen LogP contribution < -0.4 is 0 Å². The van der Waals surface area contributed by atoms with Crippen LogP contribution in [0.5, 0.6) is 0 Å². The molecule has 1 N–H and O–H groups in total. The van der Waals surface area contributed by atoms with Crippen LogP contribution in [0.25, 0.3) is 22.4 Å². The van der Waals surface area contributed by atoms with Crippen LogP contribution in [0.15, 0.2) is 41.1 Å². The summed E-state index contributed by atoms with van der Waals surface area (Å²) < 4.78 is 0.961. The highest BCUT2D eigenvalue weighted by Crippen LogP contribution is 2.29. The van der Waals surface area contributed by atoms with Gasteiger partial charge in [-0.05, 0) is 34.1 Å². The first kappa shape index (κ1) is 10.7. The highest BCUT2D eigenvalue weighted by Gasteiger charge is 2.09. The topological polar surface area (TPSA) is 41.6 Å². The number of aromatic amines is 1. The highest BCUT2D eigenvalue weighted by molar-refractivity contribution is 9.10. The van der Waals surface area contributed by atoms with Gasteiger partial charge in [0.05, 0.1) is 10.5 Å². The van der Waals surface area contributed by atoms with Crippen molar-refractivity contribution in [2.75, 3.05) is 0 Å². The van der Waals surface area contributed by atoms with Gasteiger partial charge in [0.2, 0.25) is 0 Å². The van der Waals surface area contributed by atoms with Gasteiger partial charge < -0.3 is 4.98 Å². The van der Waals surface area contributed by atoms with E-state index in [-0.39, 0.29) is 0 Å². The maximum Gasteiger partial charge on any atom is 0.140 e. The van der Waals surface area contributed by atoms with Gasteiger partial charge in [-0.15, -0.1) is 0 Å². The number of fused-ring (bicyclic) bond motifs is 1. The van der Waals surface area contributed by atoms with Gasteiger partial charge in [-0.25, -0.2) is 4.98 Å². The minimum absolute atomic E-state index is 0.586. The molecule has 0 fully saturated rings. The largest absolute Gasteiger partial charge is 0.338 e. The summed E-state index contributed by atoms with van der Waals surface area (Å²) in [5.41, 5.74) is 2.72. The Labute approximate surface area is 111 Å². The third-order valence-electron chi connectivity index (χ3n) is 2.49. The number of H-pyrrole nitrogens is 1. The quantitative estimate of drug-likeness (QED) is 0.737. The van der Waals surface area contributed by atoms with E-state index >= 15 is 0 Å². The first-order chi connectivity index (χ1) is 8.25. The van der Waals surface area contributed by atoms with Crippen molar-refractivity contribution < 1.29 is 0 Å². The van der Waals surface area contributed by atoms with Gasteiger partial charge in [-0.3, -0.25) is 4.98 Å². The molecule has 5 heteroatoms. The van der Waals surface area contributed by atoms with Gasteiger partial charge in [0.25, 0.3) is 0 Å². The Hall–Kier alpha value is -1.39. The molecule has 2 heterocycles. The number of benzene rings is 1. The van der Waals surface area contributed by atoms with Gasteiger partial charge in [0.15, 0.2) is 0 Å². The van der Waals surface area contributed by atoms with E-state index in [1.54, 1.807) is 12.4 Å². The molecule has 0 saturated heterocycles. The molecule has 0 bridgehead atoms. The van der Waals surface area contributed by atoms with E-state index in [4.69, 9.17) is 11.6 Å². The van der Waals surface area contributed by atoms with E-state index in [0.29, 0.717) is 5.02 Å². The summed E-state index contributed by atoms with van der Waals surface area (Å²) in [7, 11) is 0. The summed E-state index contributed by atoms with van der Waals surface area (Å²) in [6.45, 7) is 0. The zero-order chi connectivity index (χ0) is 11.8. The number of para-hydroxylation sites is 1. The number of aromatic nitrogens is 3. The third-order valence-corrected chi connectivity index (χ3v) is 3.43. The lowest BCUT2D eigenvalue weighted by Gasteiger charge is -1.97. The molecular formula is C12H7BrClN3. The van der Waals surface area contributed by atoms with Crippen LogP contribution in [0.3, 0.4) is 0 Å². The average molecular weight is 309 g/mol. The number of hydrogen-bond acceptors (Lipinski definition) is 2. The summed E-state index contributed by atoms with van der Waals surface area (Å²) in [4.78, 5) is 11.7. The minimum atomic E-state index is 0.586. The van der Waals surface area contributed by atoms with Crippen molar-refractivity contribution in [1.82, 2.24) is 15.0 Å². The molecule has 0 unspecified atom stereocenters. The molecule has 0 saturated carbocycles. The van der Waals surface area contributed by atoms with Crippen molar-refractivity contribution in [3.8, 4) is 11.4 Å². The molecule has 0 aliphatic heterocycles. The van der Waals surface area contributed by atoms with Gasteiger partial charge in [-0.2, -0.15) is 0 Å². The number of imidazole rings is 1. The second kappa shape index (κ2) is 4.13. The molecule has 0 atom stereocenters. The van der Waals surface area contributed by atoms with Crippen LogP contribution in [0.4, 0.5) is 0 Å². The van der Waals surface area contributed by atoms with Crippen molar-refractivity contribution in [3.63, 3.8) is 0 Å². The second-order valence-corrected chi connectivity index (χ2v) is 4.84. The van der Waals surface area contributed by atoms with Crippen molar-refractivity contribution in [2.45, 2.75) is 0 Å². The predicted octanol–water partition coefficient (Wildman–Crippen LogP) is 4.04. The molecule has 2 aromatic heterocycles. The van der Waals surface area contributed by atoms with Crippen LogP contribution in [0.1, 0.15) is 0 Å². The Morgan fingerprint density at radius 2 is 2.12 bits per heavy atom. The standard InChI is InChI=1S/C12H7BrClN3/c13-8-2-1-3-10-11(8)17-12(16-10)7-4-5-15-6-9(7)14/h1-6H,(H,16,17). The number of nitrogens with one attached hydrogen (secondary N) is 1. The molecule has 3 nitrogen and oxygen atoms in total. The first-order valence-corrected chi connectivity index (χ1v) is 6.17. The minimum Gasteiger partial charge on any atom is -0.338 e. The predicted molar refractivity (Wildman–Crippen MR) is 72.0 cm³/mol. The smallest absolute Gasteiger partial charge is 0.140 e. The molecule has 1 aromatic carbocycles. The monoisotopic (exact) mass is 307 g/mol. The number of pyridine rings is 1. The lowest BCUT2D eigenvalue weighted by atomic mass is 10.2. The van der Waals surface area contributed by atoms with Gasteiger partial charge in [0, 0.05) is 22.4 Å². The molecule has 0 amide bonds. The van der Waals surface area contributed by atoms with Crippen molar-refractivity contribution in [3.05, 3.63) is 46.2 Å². The van der Waals surface area contributed by atoms with E-state index in [1.807, 2.05) is 24.3 Å². The lowest BCUT2D eigenvalue weighted by molar-refractivity contribution is 1.28. The maximum atomic E-state index is 6.09. The van der Waals surface area contributed by atoms with Crippen LogP contribution in [0.2, 0.25) is 5.02 Å². The zero-order valence-electron chi connectivity index (χ0n) is 8.61. The number of rotatable bonds is 1. The molecule has 0 aliphatic rings. The molecular weight excluding hydrogens is 302 g/mol. The van der Waals surface area contributed by atoms with Gasteiger partial charge in [-0.1, -0.05) is 17.7 Å². The zero-order valence-corrected chi connectivity index (χ0v) is 11.0. The lowest BCUT2D eigenvalue weighted by Crippen LogP contribution is -1.82. The van der Waals surface area contributed by atoms with E-state index in [2.05, 4.69) is 30.9 Å².